The fourth-order valence-electron chi connectivity index (χ4n) is 5.87. The molecule has 0 bridgehead atoms. The van der Waals surface area contributed by atoms with Crippen LogP contribution in [0.5, 0.6) is 0 Å². The van der Waals surface area contributed by atoms with Crippen LogP contribution in [0.3, 0.4) is 0 Å². The van der Waals surface area contributed by atoms with Crippen molar-refractivity contribution in [1.29, 1.82) is 0 Å². The summed E-state index contributed by atoms with van der Waals surface area (Å²) in [6.07, 6.45) is 5.39. The van der Waals surface area contributed by atoms with E-state index in [1.165, 1.54) is 24.0 Å². The van der Waals surface area contributed by atoms with Gasteiger partial charge in [-0.2, -0.15) is 4.98 Å². The van der Waals surface area contributed by atoms with E-state index >= 15 is 0 Å². The van der Waals surface area contributed by atoms with Crippen LogP contribution < -0.4 is 5.32 Å². The lowest BCUT2D eigenvalue weighted by Gasteiger charge is -2.28. The van der Waals surface area contributed by atoms with Gasteiger partial charge in [-0.05, 0) is 74.5 Å². The van der Waals surface area contributed by atoms with Crippen LogP contribution in [-0.4, -0.2) is 88.9 Å². The number of carbonyl (C=O) groups excluding carboxylic acids is 1. The molecule has 9 heteroatoms. The van der Waals surface area contributed by atoms with E-state index in [1.54, 1.807) is 25.2 Å². The SMILES string of the molecule is CN(C)C(=O)c1cc2cnc(N[C@@H]3CCOC[C@H]3O)nc2n1-c1ccc2c(c1)C1(CC1)CC2N(C)C. The van der Waals surface area contributed by atoms with E-state index in [0.29, 0.717) is 43.0 Å². The van der Waals surface area contributed by atoms with Crippen molar-refractivity contribution in [3.63, 3.8) is 0 Å². The van der Waals surface area contributed by atoms with Crippen LogP contribution in [0.4, 0.5) is 5.95 Å². The van der Waals surface area contributed by atoms with E-state index < -0.39 is 6.10 Å². The number of ether oxygens (including phenoxy) is 1. The van der Waals surface area contributed by atoms with Gasteiger partial charge in [-0.1, -0.05) is 6.07 Å². The van der Waals surface area contributed by atoms with Crippen molar-refractivity contribution in [3.8, 4) is 5.69 Å². The second-order valence-electron chi connectivity index (χ2n) is 11.0. The molecule has 3 atom stereocenters. The number of amides is 1. The number of anilines is 1. The van der Waals surface area contributed by atoms with Crippen molar-refractivity contribution in [2.45, 2.75) is 49.3 Å². The molecule has 2 N–H and O–H groups in total. The van der Waals surface area contributed by atoms with Crippen molar-refractivity contribution in [3.05, 3.63) is 47.3 Å². The Morgan fingerprint density at radius 1 is 1.22 bits per heavy atom. The minimum Gasteiger partial charge on any atom is -0.389 e. The highest BCUT2D eigenvalue weighted by Gasteiger charge is 2.52. The summed E-state index contributed by atoms with van der Waals surface area (Å²) in [7, 11) is 7.83. The average molecular weight is 491 g/mol. The number of carbonyl (C=O) groups is 1. The van der Waals surface area contributed by atoms with Crippen molar-refractivity contribution in [2.24, 2.45) is 0 Å². The van der Waals surface area contributed by atoms with Gasteiger partial charge in [0.25, 0.3) is 5.91 Å². The molecule has 3 aliphatic rings. The predicted molar refractivity (Wildman–Crippen MR) is 138 cm³/mol. The summed E-state index contributed by atoms with van der Waals surface area (Å²) in [5.74, 6) is 0.347. The number of rotatable bonds is 5. The minimum atomic E-state index is -0.619. The third-order valence-corrected chi connectivity index (χ3v) is 8.09. The number of aliphatic hydroxyl groups is 1. The van der Waals surface area contributed by atoms with Crippen LogP contribution in [0.1, 0.15) is 53.3 Å². The first-order valence-electron chi connectivity index (χ1n) is 12.7. The summed E-state index contributed by atoms with van der Waals surface area (Å²) in [5, 5.41) is 14.4. The summed E-state index contributed by atoms with van der Waals surface area (Å²) in [6, 6.07) is 8.73. The van der Waals surface area contributed by atoms with E-state index in [0.717, 1.165) is 17.5 Å². The first-order chi connectivity index (χ1) is 17.3. The Bertz CT molecular complexity index is 1330. The molecule has 1 aromatic carbocycles. The monoisotopic (exact) mass is 490 g/mol. The Hall–Kier alpha value is -3.01. The molecule has 1 saturated carbocycles. The van der Waals surface area contributed by atoms with Gasteiger partial charge in [0.1, 0.15) is 5.69 Å². The molecule has 190 valence electrons. The fraction of sp³-hybridized carbons (Fsp3) is 0.519. The maximum Gasteiger partial charge on any atom is 0.270 e. The third-order valence-electron chi connectivity index (χ3n) is 8.09. The third kappa shape index (κ3) is 3.77. The highest BCUT2D eigenvalue weighted by atomic mass is 16.5. The summed E-state index contributed by atoms with van der Waals surface area (Å²) < 4.78 is 7.31. The number of hydrogen-bond acceptors (Lipinski definition) is 7. The Morgan fingerprint density at radius 3 is 2.72 bits per heavy atom. The standard InChI is InChI=1S/C27H34N6O3/c1-31(2)22-13-27(8-9-27)19-12-17(5-6-18(19)22)33-21(25(35)32(3)4)11-16-14-28-26(30-24(16)33)29-20-7-10-36-15-23(20)34/h5-6,11-12,14,20,22-23,34H,7-10,13,15H2,1-4H3,(H,28,29,30)/t20-,22?,23-/m1/s1. The average Bonchev–Trinajstić information content (AvgIpc) is 3.44. The van der Waals surface area contributed by atoms with E-state index in [-0.39, 0.29) is 17.4 Å². The molecule has 9 nitrogen and oxygen atoms in total. The second-order valence-corrected chi connectivity index (χ2v) is 11.0. The van der Waals surface area contributed by atoms with Crippen molar-refractivity contribution in [1.82, 2.24) is 24.3 Å². The van der Waals surface area contributed by atoms with Gasteiger partial charge >= 0.3 is 0 Å². The zero-order valence-electron chi connectivity index (χ0n) is 21.4. The molecule has 2 fully saturated rings. The van der Waals surface area contributed by atoms with E-state index in [4.69, 9.17) is 9.72 Å². The minimum absolute atomic E-state index is 0.0878. The van der Waals surface area contributed by atoms with Crippen LogP contribution in [0.15, 0.2) is 30.5 Å². The number of nitrogens with one attached hydrogen (secondary N) is 1. The molecule has 6 rings (SSSR count). The predicted octanol–water partition coefficient (Wildman–Crippen LogP) is 2.72. The molecule has 0 radical (unpaired) electrons. The molecule has 1 spiro atoms. The lowest BCUT2D eigenvalue weighted by Crippen LogP contribution is -2.42. The summed E-state index contributed by atoms with van der Waals surface area (Å²) >= 11 is 0. The van der Waals surface area contributed by atoms with Gasteiger partial charge in [0.15, 0.2) is 5.65 Å². The first kappa shape index (κ1) is 23.4. The fourth-order valence-corrected chi connectivity index (χ4v) is 5.87. The van der Waals surface area contributed by atoms with Gasteiger partial charge in [0, 0.05) is 44.0 Å². The number of benzene rings is 1. The number of aromatic nitrogens is 3. The summed E-state index contributed by atoms with van der Waals surface area (Å²) in [5.41, 5.74) is 5.22. The van der Waals surface area contributed by atoms with E-state index in [2.05, 4.69) is 47.5 Å². The van der Waals surface area contributed by atoms with Gasteiger partial charge in [-0.15, -0.1) is 0 Å². The Kier molecular flexibility index (Phi) is 5.55. The second kappa shape index (κ2) is 8.54. The lowest BCUT2D eigenvalue weighted by molar-refractivity contribution is -0.0136. The molecular formula is C27H34N6O3. The smallest absolute Gasteiger partial charge is 0.270 e. The summed E-state index contributed by atoms with van der Waals surface area (Å²) in [6.45, 7) is 0.877. The number of fused-ring (bicyclic) bond motifs is 3. The lowest BCUT2D eigenvalue weighted by atomic mass is 9.98. The van der Waals surface area contributed by atoms with Crippen LogP contribution in [0, 0.1) is 0 Å². The largest absolute Gasteiger partial charge is 0.389 e. The van der Waals surface area contributed by atoms with E-state index in [9.17, 15) is 9.90 Å². The number of hydrogen-bond donors (Lipinski definition) is 2. The molecule has 1 amide bonds. The van der Waals surface area contributed by atoms with Crippen molar-refractivity contribution < 1.29 is 14.6 Å². The van der Waals surface area contributed by atoms with E-state index in [1.807, 2.05) is 10.6 Å². The molecular weight excluding hydrogens is 456 g/mol. The normalized spacial score (nSPS) is 24.3. The number of aliphatic hydroxyl groups excluding tert-OH is 1. The van der Waals surface area contributed by atoms with Gasteiger partial charge < -0.3 is 25.0 Å². The molecule has 2 aromatic heterocycles. The van der Waals surface area contributed by atoms with Crippen LogP contribution in [0.25, 0.3) is 16.7 Å². The Morgan fingerprint density at radius 2 is 2.03 bits per heavy atom. The molecule has 2 aliphatic carbocycles. The van der Waals surface area contributed by atoms with Crippen LogP contribution >= 0.6 is 0 Å². The molecule has 36 heavy (non-hydrogen) atoms. The molecule has 3 heterocycles. The van der Waals surface area contributed by atoms with Crippen molar-refractivity contribution >= 4 is 22.9 Å². The molecule has 1 aliphatic heterocycles. The van der Waals surface area contributed by atoms with Crippen molar-refractivity contribution in [2.75, 3.05) is 46.7 Å². The maximum atomic E-state index is 13.3. The Labute approximate surface area is 211 Å². The van der Waals surface area contributed by atoms with Gasteiger partial charge in [-0.3, -0.25) is 9.36 Å². The van der Waals surface area contributed by atoms with Gasteiger partial charge in [-0.25, -0.2) is 4.98 Å². The topological polar surface area (TPSA) is 95.8 Å². The first-order valence-corrected chi connectivity index (χ1v) is 12.7. The zero-order chi connectivity index (χ0) is 25.2. The highest BCUT2D eigenvalue weighted by Crippen LogP contribution is 2.61. The van der Waals surface area contributed by atoms with Gasteiger partial charge in [0.2, 0.25) is 5.95 Å². The van der Waals surface area contributed by atoms with Crippen LogP contribution in [-0.2, 0) is 10.2 Å². The van der Waals surface area contributed by atoms with Crippen LogP contribution in [0.2, 0.25) is 0 Å². The quantitative estimate of drug-likeness (QED) is 0.568. The zero-order valence-corrected chi connectivity index (χ0v) is 21.4. The number of nitrogens with zero attached hydrogens (tertiary/aromatic N) is 5. The Balaban J connectivity index is 1.47. The summed E-state index contributed by atoms with van der Waals surface area (Å²) in [4.78, 5) is 26.5. The molecule has 3 aromatic rings. The molecule has 1 unspecified atom stereocenters. The molecule has 1 saturated heterocycles. The maximum absolute atomic E-state index is 13.3. The van der Waals surface area contributed by atoms with Gasteiger partial charge in [0.05, 0.1) is 18.8 Å². The highest BCUT2D eigenvalue weighted by molar-refractivity contribution is 5.99.